The second-order valence-electron chi connectivity index (χ2n) is 4.12. The van der Waals surface area contributed by atoms with E-state index in [0.717, 1.165) is 22.5 Å². The highest BCUT2D eigenvalue weighted by Crippen LogP contribution is 2.31. The zero-order chi connectivity index (χ0) is 15.4. The maximum Gasteiger partial charge on any atom is 0.416 e. The average molecular weight is 330 g/mol. The molecule has 1 aromatic carbocycles. The van der Waals surface area contributed by atoms with Crippen LogP contribution in [0.25, 0.3) is 0 Å². The Morgan fingerprint density at radius 2 is 1.90 bits per heavy atom. The van der Waals surface area contributed by atoms with Gasteiger partial charge in [-0.05, 0) is 24.6 Å². The summed E-state index contributed by atoms with van der Waals surface area (Å²) < 4.78 is 63.5. The van der Waals surface area contributed by atoms with E-state index in [4.69, 9.17) is 11.6 Å². The van der Waals surface area contributed by atoms with Gasteiger partial charge in [-0.1, -0.05) is 13.0 Å². The molecule has 0 fully saturated rings. The minimum Gasteiger partial charge on any atom is -0.207 e. The molecule has 0 aromatic heterocycles. The number of hydrogen-bond acceptors (Lipinski definition) is 2. The molecule has 0 saturated heterocycles. The molecular weight excluding hydrogens is 315 g/mol. The van der Waals surface area contributed by atoms with E-state index in [1.807, 2.05) is 0 Å². The molecule has 8 heteroatoms. The molecule has 0 aliphatic heterocycles. The molecule has 0 saturated carbocycles. The van der Waals surface area contributed by atoms with E-state index in [0.29, 0.717) is 12.5 Å². The van der Waals surface area contributed by atoms with Crippen LogP contribution in [0.5, 0.6) is 0 Å². The van der Waals surface area contributed by atoms with Gasteiger partial charge >= 0.3 is 6.18 Å². The average Bonchev–Trinajstić information content (AvgIpc) is 2.37. The monoisotopic (exact) mass is 329 g/mol. The van der Waals surface area contributed by atoms with Gasteiger partial charge in [0.25, 0.3) is 0 Å². The summed E-state index contributed by atoms with van der Waals surface area (Å²) >= 11 is 5.54. The molecular formula is C12H15ClF3NO2S. The van der Waals surface area contributed by atoms with Crippen LogP contribution in [0.1, 0.15) is 18.9 Å². The summed E-state index contributed by atoms with van der Waals surface area (Å²) in [6, 6.07) is 3.72. The molecule has 0 aliphatic carbocycles. The summed E-state index contributed by atoms with van der Waals surface area (Å²) in [5.41, 5.74) is -0.985. The van der Waals surface area contributed by atoms with Crippen molar-refractivity contribution in [3.63, 3.8) is 0 Å². The molecule has 1 rings (SSSR count). The zero-order valence-electron chi connectivity index (χ0n) is 10.8. The SMILES string of the molecule is CCCN(CCCl)S(=O)(=O)c1cccc(C(F)(F)F)c1. The van der Waals surface area contributed by atoms with Gasteiger partial charge in [0.15, 0.2) is 0 Å². The van der Waals surface area contributed by atoms with Gasteiger partial charge in [0, 0.05) is 19.0 Å². The van der Waals surface area contributed by atoms with E-state index in [9.17, 15) is 21.6 Å². The third kappa shape index (κ3) is 4.10. The van der Waals surface area contributed by atoms with Gasteiger partial charge in [0.2, 0.25) is 10.0 Å². The van der Waals surface area contributed by atoms with Crippen LogP contribution in [0.4, 0.5) is 13.2 Å². The van der Waals surface area contributed by atoms with Crippen LogP contribution in [0, 0.1) is 0 Å². The lowest BCUT2D eigenvalue weighted by Crippen LogP contribution is -2.33. The Kier molecular flexibility index (Phi) is 5.85. The Hall–Kier alpha value is -0.790. The molecule has 114 valence electrons. The number of sulfonamides is 1. The van der Waals surface area contributed by atoms with E-state index < -0.39 is 21.8 Å². The lowest BCUT2D eigenvalue weighted by molar-refractivity contribution is -0.137. The van der Waals surface area contributed by atoms with Crippen molar-refractivity contribution in [3.05, 3.63) is 29.8 Å². The van der Waals surface area contributed by atoms with Crippen molar-refractivity contribution in [1.82, 2.24) is 4.31 Å². The topological polar surface area (TPSA) is 37.4 Å². The minimum absolute atomic E-state index is 0.0635. The lowest BCUT2D eigenvalue weighted by atomic mass is 10.2. The van der Waals surface area contributed by atoms with Gasteiger partial charge in [-0.3, -0.25) is 0 Å². The smallest absolute Gasteiger partial charge is 0.207 e. The first-order valence-corrected chi connectivity index (χ1v) is 7.94. The van der Waals surface area contributed by atoms with Crippen LogP contribution >= 0.6 is 11.6 Å². The molecule has 1 aromatic rings. The van der Waals surface area contributed by atoms with E-state index in [1.165, 1.54) is 0 Å². The molecule has 0 heterocycles. The summed E-state index contributed by atoms with van der Waals surface area (Å²) in [6.07, 6.45) is -4.03. The number of nitrogens with zero attached hydrogens (tertiary/aromatic N) is 1. The second kappa shape index (κ2) is 6.78. The van der Waals surface area contributed by atoms with Gasteiger partial charge < -0.3 is 0 Å². The van der Waals surface area contributed by atoms with Crippen LogP contribution in [0.3, 0.4) is 0 Å². The van der Waals surface area contributed by atoms with Crippen molar-refractivity contribution in [2.75, 3.05) is 19.0 Å². The molecule has 3 nitrogen and oxygen atoms in total. The van der Waals surface area contributed by atoms with Crippen LogP contribution in [-0.2, 0) is 16.2 Å². The van der Waals surface area contributed by atoms with E-state index in [2.05, 4.69) is 0 Å². The molecule has 0 amide bonds. The van der Waals surface area contributed by atoms with Gasteiger partial charge in [0.05, 0.1) is 10.5 Å². The van der Waals surface area contributed by atoms with Gasteiger partial charge in [-0.15, -0.1) is 11.6 Å². The van der Waals surface area contributed by atoms with Gasteiger partial charge in [-0.25, -0.2) is 8.42 Å². The summed E-state index contributed by atoms with van der Waals surface area (Å²) in [4.78, 5) is -0.370. The first-order chi connectivity index (χ1) is 9.23. The normalized spacial score (nSPS) is 12.9. The Morgan fingerprint density at radius 1 is 1.25 bits per heavy atom. The molecule has 0 radical (unpaired) electrons. The van der Waals surface area contributed by atoms with E-state index >= 15 is 0 Å². The largest absolute Gasteiger partial charge is 0.416 e. The number of benzene rings is 1. The van der Waals surface area contributed by atoms with Crippen LogP contribution in [0.15, 0.2) is 29.2 Å². The van der Waals surface area contributed by atoms with Crippen molar-refractivity contribution >= 4 is 21.6 Å². The Bertz CT molecular complexity index is 540. The highest BCUT2D eigenvalue weighted by atomic mass is 35.5. The second-order valence-corrected chi connectivity index (χ2v) is 6.43. The predicted molar refractivity (Wildman–Crippen MR) is 71.2 cm³/mol. The number of halogens is 4. The van der Waals surface area contributed by atoms with Crippen molar-refractivity contribution < 1.29 is 21.6 Å². The summed E-state index contributed by atoms with van der Waals surface area (Å²) in [5.74, 6) is 0.0815. The fourth-order valence-electron chi connectivity index (χ4n) is 1.68. The fraction of sp³-hybridized carbons (Fsp3) is 0.500. The van der Waals surface area contributed by atoms with Crippen LogP contribution < -0.4 is 0 Å². The van der Waals surface area contributed by atoms with Crippen molar-refractivity contribution in [1.29, 1.82) is 0 Å². The quantitative estimate of drug-likeness (QED) is 0.751. The molecule has 20 heavy (non-hydrogen) atoms. The minimum atomic E-state index is -4.58. The first-order valence-electron chi connectivity index (χ1n) is 5.97. The Morgan fingerprint density at radius 3 is 2.40 bits per heavy atom. The van der Waals surface area contributed by atoms with Crippen molar-refractivity contribution in [2.24, 2.45) is 0 Å². The molecule has 0 unspecified atom stereocenters. The first kappa shape index (κ1) is 17.3. The maximum absolute atomic E-state index is 12.6. The third-order valence-electron chi connectivity index (χ3n) is 2.61. The number of hydrogen-bond donors (Lipinski definition) is 0. The highest BCUT2D eigenvalue weighted by molar-refractivity contribution is 7.89. The van der Waals surface area contributed by atoms with Gasteiger partial charge in [0.1, 0.15) is 0 Å². The molecule has 0 atom stereocenters. The zero-order valence-corrected chi connectivity index (χ0v) is 12.4. The highest BCUT2D eigenvalue weighted by Gasteiger charge is 2.32. The van der Waals surface area contributed by atoms with E-state index in [-0.39, 0.29) is 23.9 Å². The van der Waals surface area contributed by atoms with Crippen LogP contribution in [-0.4, -0.2) is 31.7 Å². The Balaban J connectivity index is 3.20. The van der Waals surface area contributed by atoms with Crippen LogP contribution in [0.2, 0.25) is 0 Å². The maximum atomic E-state index is 12.6. The molecule has 0 bridgehead atoms. The Labute approximate surface area is 121 Å². The third-order valence-corrected chi connectivity index (χ3v) is 4.67. The number of alkyl halides is 4. The van der Waals surface area contributed by atoms with Gasteiger partial charge in [-0.2, -0.15) is 17.5 Å². The summed E-state index contributed by atoms with van der Waals surface area (Å²) in [7, 11) is -3.96. The van der Waals surface area contributed by atoms with Crippen molar-refractivity contribution in [3.8, 4) is 0 Å². The number of rotatable bonds is 6. The predicted octanol–water partition coefficient (Wildman–Crippen LogP) is 3.34. The lowest BCUT2D eigenvalue weighted by Gasteiger charge is -2.21. The molecule has 0 spiro atoms. The fourth-order valence-corrected chi connectivity index (χ4v) is 3.56. The molecule has 0 aliphatic rings. The van der Waals surface area contributed by atoms with Crippen molar-refractivity contribution in [2.45, 2.75) is 24.4 Å². The van der Waals surface area contributed by atoms with E-state index in [1.54, 1.807) is 6.92 Å². The molecule has 0 N–H and O–H groups in total. The standard InChI is InChI=1S/C12H15ClF3NO2S/c1-2-7-17(8-6-13)20(18,19)11-5-3-4-10(9-11)12(14,15)16/h3-5,9H,2,6-8H2,1H3. The summed E-state index contributed by atoms with van der Waals surface area (Å²) in [6.45, 7) is 2.06. The summed E-state index contributed by atoms with van der Waals surface area (Å²) in [5, 5.41) is 0.